The molecule has 0 bridgehead atoms. The molecule has 1 aliphatic heterocycles. The second-order valence-electron chi connectivity index (χ2n) is 6.34. The summed E-state index contributed by atoms with van der Waals surface area (Å²) >= 11 is 1.83. The maximum absolute atomic E-state index is 9.28. The van der Waals surface area contributed by atoms with Crippen molar-refractivity contribution in [1.82, 2.24) is 4.98 Å². The molecule has 1 saturated heterocycles. The summed E-state index contributed by atoms with van der Waals surface area (Å²) in [6.07, 6.45) is 3.40. The Hall–Kier alpha value is -2.38. The van der Waals surface area contributed by atoms with E-state index in [1.54, 1.807) is 0 Å². The number of benzene rings is 2. The standard InChI is InChI=1S/C20H19N3S/c21-14-16-5-1-3-7-18(16)23-11-9-15(10-12-23)13-20-22-17-6-2-4-8-19(17)24-20/h1-8,15H,9-13H2. The van der Waals surface area contributed by atoms with Gasteiger partial charge in [0.2, 0.25) is 0 Å². The first-order chi connectivity index (χ1) is 11.8. The molecule has 0 saturated carbocycles. The average Bonchev–Trinajstić information content (AvgIpc) is 3.04. The van der Waals surface area contributed by atoms with Crippen molar-refractivity contribution in [2.45, 2.75) is 19.3 Å². The summed E-state index contributed by atoms with van der Waals surface area (Å²) in [7, 11) is 0. The van der Waals surface area contributed by atoms with Crippen LogP contribution >= 0.6 is 11.3 Å². The molecule has 1 aromatic heterocycles. The highest BCUT2D eigenvalue weighted by atomic mass is 32.1. The number of hydrogen-bond acceptors (Lipinski definition) is 4. The van der Waals surface area contributed by atoms with Crippen LogP contribution in [0, 0.1) is 17.2 Å². The van der Waals surface area contributed by atoms with Crippen LogP contribution in [0.2, 0.25) is 0 Å². The molecule has 4 rings (SSSR count). The Morgan fingerprint density at radius 1 is 1.08 bits per heavy atom. The van der Waals surface area contributed by atoms with Crippen LogP contribution in [0.15, 0.2) is 48.5 Å². The van der Waals surface area contributed by atoms with Gasteiger partial charge in [-0.25, -0.2) is 4.98 Å². The fourth-order valence-corrected chi connectivity index (χ4v) is 4.56. The van der Waals surface area contributed by atoms with Gasteiger partial charge in [-0.15, -0.1) is 11.3 Å². The SMILES string of the molecule is N#Cc1ccccc1N1CCC(Cc2nc3ccccc3s2)CC1. The summed E-state index contributed by atoms with van der Waals surface area (Å²) in [5, 5.41) is 10.5. The summed E-state index contributed by atoms with van der Waals surface area (Å²) in [6.45, 7) is 2.04. The lowest BCUT2D eigenvalue weighted by atomic mass is 9.93. The summed E-state index contributed by atoms with van der Waals surface area (Å²) in [5.41, 5.74) is 2.98. The lowest BCUT2D eigenvalue weighted by Gasteiger charge is -2.33. The first-order valence-electron chi connectivity index (χ1n) is 8.42. The Morgan fingerprint density at radius 3 is 2.62 bits per heavy atom. The van der Waals surface area contributed by atoms with E-state index in [2.05, 4.69) is 41.3 Å². The van der Waals surface area contributed by atoms with Crippen molar-refractivity contribution in [3.63, 3.8) is 0 Å². The second-order valence-corrected chi connectivity index (χ2v) is 7.45. The lowest BCUT2D eigenvalue weighted by Crippen LogP contribution is -2.34. The summed E-state index contributed by atoms with van der Waals surface area (Å²) in [6, 6.07) is 18.6. The number of para-hydroxylation sites is 2. The van der Waals surface area contributed by atoms with Crippen LogP contribution in [0.1, 0.15) is 23.4 Å². The summed E-state index contributed by atoms with van der Waals surface area (Å²) < 4.78 is 1.29. The Labute approximate surface area is 146 Å². The van der Waals surface area contributed by atoms with Crippen molar-refractivity contribution in [2.24, 2.45) is 5.92 Å². The van der Waals surface area contributed by atoms with Crippen molar-refractivity contribution in [2.75, 3.05) is 18.0 Å². The predicted octanol–water partition coefficient (Wildman–Crippen LogP) is 4.63. The number of rotatable bonds is 3. The fourth-order valence-electron chi connectivity index (χ4n) is 3.48. The van der Waals surface area contributed by atoms with Crippen LogP contribution in [0.25, 0.3) is 10.2 Å². The molecule has 3 aromatic rings. The fraction of sp³-hybridized carbons (Fsp3) is 0.300. The van der Waals surface area contributed by atoms with Gasteiger partial charge in [0.15, 0.2) is 0 Å². The highest BCUT2D eigenvalue weighted by molar-refractivity contribution is 7.18. The topological polar surface area (TPSA) is 39.9 Å². The molecule has 0 amide bonds. The molecule has 4 heteroatoms. The molecule has 24 heavy (non-hydrogen) atoms. The normalized spacial score (nSPS) is 15.5. The van der Waals surface area contributed by atoms with E-state index in [1.165, 1.54) is 9.71 Å². The van der Waals surface area contributed by atoms with E-state index in [1.807, 2.05) is 29.5 Å². The number of aromatic nitrogens is 1. The van der Waals surface area contributed by atoms with Crippen molar-refractivity contribution in [3.05, 3.63) is 59.1 Å². The first kappa shape index (κ1) is 15.2. The molecular weight excluding hydrogens is 314 g/mol. The summed E-state index contributed by atoms with van der Waals surface area (Å²) in [4.78, 5) is 7.13. The zero-order chi connectivity index (χ0) is 16.4. The molecule has 1 fully saturated rings. The molecule has 2 aromatic carbocycles. The maximum atomic E-state index is 9.28. The first-order valence-corrected chi connectivity index (χ1v) is 9.23. The predicted molar refractivity (Wildman–Crippen MR) is 99.4 cm³/mol. The molecule has 0 N–H and O–H groups in total. The maximum Gasteiger partial charge on any atom is 0.101 e. The Balaban J connectivity index is 1.42. The van der Waals surface area contributed by atoms with E-state index in [9.17, 15) is 5.26 Å². The third-order valence-corrected chi connectivity index (χ3v) is 5.84. The van der Waals surface area contributed by atoms with Gasteiger partial charge in [-0.05, 0) is 43.0 Å². The molecule has 0 radical (unpaired) electrons. The third kappa shape index (κ3) is 3.00. The van der Waals surface area contributed by atoms with Gasteiger partial charge >= 0.3 is 0 Å². The minimum Gasteiger partial charge on any atom is -0.370 e. The van der Waals surface area contributed by atoms with Crippen LogP contribution in [0.4, 0.5) is 5.69 Å². The molecule has 0 atom stereocenters. The number of thiazole rings is 1. The molecule has 2 heterocycles. The monoisotopic (exact) mass is 333 g/mol. The van der Waals surface area contributed by atoms with Gasteiger partial charge in [0.05, 0.1) is 26.5 Å². The number of piperidine rings is 1. The highest BCUT2D eigenvalue weighted by Gasteiger charge is 2.22. The molecule has 0 spiro atoms. The quantitative estimate of drug-likeness (QED) is 0.702. The number of anilines is 1. The number of hydrogen-bond donors (Lipinski definition) is 0. The van der Waals surface area contributed by atoms with Crippen molar-refractivity contribution in [1.29, 1.82) is 5.26 Å². The van der Waals surface area contributed by atoms with E-state index in [-0.39, 0.29) is 0 Å². The van der Waals surface area contributed by atoms with E-state index in [0.29, 0.717) is 5.92 Å². The molecule has 120 valence electrons. The van der Waals surface area contributed by atoms with Gasteiger partial charge in [-0.3, -0.25) is 0 Å². The van der Waals surface area contributed by atoms with Crippen molar-refractivity contribution in [3.8, 4) is 6.07 Å². The average molecular weight is 333 g/mol. The van der Waals surface area contributed by atoms with Crippen molar-refractivity contribution < 1.29 is 0 Å². The van der Waals surface area contributed by atoms with Crippen LogP contribution in [0.3, 0.4) is 0 Å². The number of fused-ring (bicyclic) bond motifs is 1. The molecular formula is C20H19N3S. The van der Waals surface area contributed by atoms with E-state index >= 15 is 0 Å². The van der Waals surface area contributed by atoms with Gasteiger partial charge < -0.3 is 4.90 Å². The van der Waals surface area contributed by atoms with Crippen LogP contribution in [0.5, 0.6) is 0 Å². The van der Waals surface area contributed by atoms with Crippen LogP contribution < -0.4 is 4.90 Å². The molecule has 0 unspecified atom stereocenters. The van der Waals surface area contributed by atoms with Gasteiger partial charge in [0, 0.05) is 19.5 Å². The van der Waals surface area contributed by atoms with E-state index < -0.39 is 0 Å². The Morgan fingerprint density at radius 2 is 1.83 bits per heavy atom. The van der Waals surface area contributed by atoms with Crippen LogP contribution in [-0.4, -0.2) is 18.1 Å². The van der Waals surface area contributed by atoms with Gasteiger partial charge in [-0.2, -0.15) is 5.26 Å². The zero-order valence-corrected chi connectivity index (χ0v) is 14.3. The lowest BCUT2D eigenvalue weighted by molar-refractivity contribution is 0.403. The molecule has 0 aliphatic carbocycles. The molecule has 1 aliphatic rings. The Bertz CT molecular complexity index is 852. The van der Waals surface area contributed by atoms with Crippen molar-refractivity contribution >= 4 is 27.2 Å². The molecule has 3 nitrogen and oxygen atoms in total. The van der Waals surface area contributed by atoms with Crippen LogP contribution in [-0.2, 0) is 6.42 Å². The minimum absolute atomic E-state index is 0.691. The largest absolute Gasteiger partial charge is 0.370 e. The smallest absolute Gasteiger partial charge is 0.101 e. The second kappa shape index (κ2) is 6.62. The summed E-state index contributed by atoms with van der Waals surface area (Å²) in [5.74, 6) is 0.691. The van der Waals surface area contributed by atoms with Gasteiger partial charge in [-0.1, -0.05) is 24.3 Å². The number of nitrogens with zero attached hydrogens (tertiary/aromatic N) is 3. The minimum atomic E-state index is 0.691. The third-order valence-electron chi connectivity index (χ3n) is 4.78. The Kier molecular flexibility index (Phi) is 4.18. The zero-order valence-electron chi connectivity index (χ0n) is 13.5. The number of nitriles is 1. The van der Waals surface area contributed by atoms with E-state index in [4.69, 9.17) is 4.98 Å². The van der Waals surface area contributed by atoms with Gasteiger partial charge in [0.1, 0.15) is 6.07 Å². The highest BCUT2D eigenvalue weighted by Crippen LogP contribution is 2.30. The van der Waals surface area contributed by atoms with Gasteiger partial charge in [0.25, 0.3) is 0 Å². The van der Waals surface area contributed by atoms with E-state index in [0.717, 1.165) is 49.1 Å².